The maximum Gasteiger partial charge on any atom is 0.243 e. The summed E-state index contributed by atoms with van der Waals surface area (Å²) >= 11 is 3.33. The summed E-state index contributed by atoms with van der Waals surface area (Å²) in [5.74, 6) is 1.59. The molecule has 3 aromatic rings. The van der Waals surface area contributed by atoms with E-state index in [0.717, 1.165) is 16.1 Å². The predicted octanol–water partition coefficient (Wildman–Crippen LogP) is 2.54. The maximum absolute atomic E-state index is 12.8. The molecule has 0 bridgehead atoms. The largest absolute Gasteiger partial charge is 0.354 e. The van der Waals surface area contributed by atoms with Gasteiger partial charge in [0.2, 0.25) is 10.0 Å². The quantitative estimate of drug-likeness (QED) is 0.614. The van der Waals surface area contributed by atoms with Gasteiger partial charge in [0, 0.05) is 49.1 Å². The second kappa shape index (κ2) is 7.41. The topological polar surface area (TPSA) is 71.3 Å². The summed E-state index contributed by atoms with van der Waals surface area (Å²) in [6.45, 7) is 2.00. The van der Waals surface area contributed by atoms with E-state index in [1.165, 1.54) is 10.6 Å². The minimum Gasteiger partial charge on any atom is -0.354 e. The number of hydrogen-bond acceptors (Lipinski definition) is 5. The third kappa shape index (κ3) is 3.76. The van der Waals surface area contributed by atoms with E-state index in [2.05, 4.69) is 30.8 Å². The molecule has 1 aliphatic heterocycles. The van der Waals surface area contributed by atoms with Crippen LogP contribution in [0.2, 0.25) is 0 Å². The number of aromatic nitrogens is 3. The van der Waals surface area contributed by atoms with Gasteiger partial charge in [-0.1, -0.05) is 15.9 Å². The lowest BCUT2D eigenvalue weighted by molar-refractivity contribution is 0.383. The highest BCUT2D eigenvalue weighted by Crippen LogP contribution is 2.22. The van der Waals surface area contributed by atoms with Crippen LogP contribution in [0.4, 0.5) is 5.82 Å². The molecule has 7 nitrogen and oxygen atoms in total. The molecule has 4 rings (SSSR count). The van der Waals surface area contributed by atoms with Gasteiger partial charge in [-0.15, -0.1) is 0 Å². The van der Waals surface area contributed by atoms with Gasteiger partial charge in [-0.25, -0.2) is 18.4 Å². The number of piperazine rings is 1. The normalized spacial score (nSPS) is 15.8. The van der Waals surface area contributed by atoms with Crippen molar-refractivity contribution in [3.8, 4) is 5.82 Å². The summed E-state index contributed by atoms with van der Waals surface area (Å²) in [5, 5.41) is 0. The Labute approximate surface area is 166 Å². The average Bonchev–Trinajstić information content (AvgIpc) is 3.23. The number of benzene rings is 1. The van der Waals surface area contributed by atoms with Crippen molar-refractivity contribution in [1.82, 2.24) is 18.8 Å². The first-order chi connectivity index (χ1) is 13.0. The van der Waals surface area contributed by atoms with Crippen LogP contribution in [0.15, 0.2) is 70.6 Å². The third-order valence-corrected chi connectivity index (χ3v) is 6.96. The van der Waals surface area contributed by atoms with Crippen LogP contribution in [0, 0.1) is 0 Å². The fourth-order valence-electron chi connectivity index (χ4n) is 3.05. The zero-order valence-electron chi connectivity index (χ0n) is 14.4. The van der Waals surface area contributed by atoms with Gasteiger partial charge in [0.1, 0.15) is 18.0 Å². The van der Waals surface area contributed by atoms with E-state index in [0.29, 0.717) is 31.1 Å². The van der Waals surface area contributed by atoms with E-state index in [1.54, 1.807) is 24.3 Å². The number of nitrogens with zero attached hydrogens (tertiary/aromatic N) is 5. The molecule has 0 atom stereocenters. The van der Waals surface area contributed by atoms with Crippen molar-refractivity contribution in [2.45, 2.75) is 4.90 Å². The van der Waals surface area contributed by atoms with Gasteiger partial charge in [0.15, 0.2) is 0 Å². The van der Waals surface area contributed by atoms with Crippen molar-refractivity contribution in [3.05, 3.63) is 65.7 Å². The molecule has 0 radical (unpaired) electrons. The molecule has 1 aromatic carbocycles. The van der Waals surface area contributed by atoms with Crippen molar-refractivity contribution in [2.24, 2.45) is 0 Å². The van der Waals surface area contributed by atoms with Crippen LogP contribution in [0.25, 0.3) is 5.82 Å². The van der Waals surface area contributed by atoms with Gasteiger partial charge in [0.05, 0.1) is 4.90 Å². The zero-order valence-corrected chi connectivity index (χ0v) is 16.8. The summed E-state index contributed by atoms with van der Waals surface area (Å²) in [5.41, 5.74) is 0. The van der Waals surface area contributed by atoms with Gasteiger partial charge in [-0.05, 0) is 36.4 Å². The molecule has 0 amide bonds. The van der Waals surface area contributed by atoms with Crippen LogP contribution >= 0.6 is 15.9 Å². The van der Waals surface area contributed by atoms with E-state index in [9.17, 15) is 8.42 Å². The minimum atomic E-state index is -3.48. The van der Waals surface area contributed by atoms with Gasteiger partial charge in [-0.2, -0.15) is 4.31 Å². The Bertz CT molecular complexity index is 1010. The van der Waals surface area contributed by atoms with E-state index < -0.39 is 10.0 Å². The fraction of sp³-hybridized carbons (Fsp3) is 0.222. The molecule has 0 aliphatic carbocycles. The average molecular weight is 448 g/mol. The lowest BCUT2D eigenvalue weighted by Gasteiger charge is -2.34. The smallest absolute Gasteiger partial charge is 0.243 e. The van der Waals surface area contributed by atoms with Gasteiger partial charge >= 0.3 is 0 Å². The molecular formula is C18H18BrN5O2S. The number of halogens is 1. The molecule has 2 aromatic heterocycles. The van der Waals surface area contributed by atoms with E-state index in [4.69, 9.17) is 0 Å². The van der Waals surface area contributed by atoms with Crippen molar-refractivity contribution in [3.63, 3.8) is 0 Å². The molecule has 1 aliphatic rings. The first kappa shape index (κ1) is 18.1. The Hall–Kier alpha value is -2.23. The number of rotatable bonds is 4. The molecule has 0 saturated carbocycles. The molecular weight excluding hydrogens is 430 g/mol. The van der Waals surface area contributed by atoms with Crippen LogP contribution in [-0.2, 0) is 10.0 Å². The Morgan fingerprint density at radius 1 is 0.889 bits per heavy atom. The summed E-state index contributed by atoms with van der Waals surface area (Å²) in [6.07, 6.45) is 5.39. The molecule has 0 N–H and O–H groups in total. The Morgan fingerprint density at radius 2 is 1.52 bits per heavy atom. The second-order valence-corrected chi connectivity index (χ2v) is 9.02. The lowest BCUT2D eigenvalue weighted by Crippen LogP contribution is -2.48. The van der Waals surface area contributed by atoms with Crippen LogP contribution < -0.4 is 4.90 Å². The van der Waals surface area contributed by atoms with Crippen molar-refractivity contribution >= 4 is 31.8 Å². The standard InChI is InChI=1S/C18H18BrN5O2S/c19-15-3-5-16(6-4-15)27(25,26)24-11-9-23(10-12-24)18-13-17(20-14-21-18)22-7-1-2-8-22/h1-8,13-14H,9-12H2. The molecule has 0 spiro atoms. The summed E-state index contributed by atoms with van der Waals surface area (Å²) in [4.78, 5) is 11.1. The monoisotopic (exact) mass is 447 g/mol. The predicted molar refractivity (Wildman–Crippen MR) is 106 cm³/mol. The number of sulfonamides is 1. The first-order valence-electron chi connectivity index (χ1n) is 8.50. The highest BCUT2D eigenvalue weighted by atomic mass is 79.9. The SMILES string of the molecule is O=S(=O)(c1ccc(Br)cc1)N1CCN(c2cc(-n3cccc3)ncn2)CC1. The van der Waals surface area contributed by atoms with E-state index in [1.807, 2.05) is 35.2 Å². The highest BCUT2D eigenvalue weighted by molar-refractivity contribution is 9.10. The Balaban J connectivity index is 1.48. The van der Waals surface area contributed by atoms with Crippen molar-refractivity contribution in [2.75, 3.05) is 31.1 Å². The molecule has 140 valence electrons. The van der Waals surface area contributed by atoms with E-state index >= 15 is 0 Å². The molecule has 0 unspecified atom stereocenters. The van der Waals surface area contributed by atoms with Crippen LogP contribution in [0.5, 0.6) is 0 Å². The number of hydrogen-bond donors (Lipinski definition) is 0. The zero-order chi connectivity index (χ0) is 18.9. The summed E-state index contributed by atoms with van der Waals surface area (Å²) in [7, 11) is -3.48. The molecule has 27 heavy (non-hydrogen) atoms. The third-order valence-electron chi connectivity index (χ3n) is 4.52. The molecule has 1 fully saturated rings. The number of anilines is 1. The summed E-state index contributed by atoms with van der Waals surface area (Å²) < 4.78 is 29.9. The highest BCUT2D eigenvalue weighted by Gasteiger charge is 2.29. The molecule has 9 heteroatoms. The van der Waals surface area contributed by atoms with Crippen LogP contribution in [0.3, 0.4) is 0 Å². The summed E-state index contributed by atoms with van der Waals surface area (Å²) in [6, 6.07) is 12.5. The van der Waals surface area contributed by atoms with Crippen LogP contribution in [0.1, 0.15) is 0 Å². The first-order valence-corrected chi connectivity index (χ1v) is 10.7. The Kier molecular flexibility index (Phi) is 4.98. The lowest BCUT2D eigenvalue weighted by atomic mass is 10.3. The molecule has 1 saturated heterocycles. The van der Waals surface area contributed by atoms with Crippen LogP contribution in [-0.4, -0.2) is 53.4 Å². The fourth-order valence-corrected chi connectivity index (χ4v) is 4.74. The Morgan fingerprint density at radius 3 is 2.19 bits per heavy atom. The van der Waals surface area contributed by atoms with Gasteiger partial charge in [0.25, 0.3) is 0 Å². The minimum absolute atomic E-state index is 0.316. The molecule has 3 heterocycles. The maximum atomic E-state index is 12.8. The van der Waals surface area contributed by atoms with Gasteiger partial charge in [-0.3, -0.25) is 0 Å². The van der Waals surface area contributed by atoms with Crippen molar-refractivity contribution < 1.29 is 8.42 Å². The van der Waals surface area contributed by atoms with Crippen molar-refractivity contribution in [1.29, 1.82) is 0 Å². The second-order valence-electron chi connectivity index (χ2n) is 6.17. The van der Waals surface area contributed by atoms with E-state index in [-0.39, 0.29) is 0 Å². The van der Waals surface area contributed by atoms with Gasteiger partial charge < -0.3 is 9.47 Å².